The molecule has 3 rings (SSSR count). The summed E-state index contributed by atoms with van der Waals surface area (Å²) in [5.74, 6) is 0.442. The summed E-state index contributed by atoms with van der Waals surface area (Å²) in [4.78, 5) is 17.4. The fourth-order valence-electron chi connectivity index (χ4n) is 1.96. The van der Waals surface area contributed by atoms with Gasteiger partial charge < -0.3 is 10.1 Å². The number of rotatable bonds is 5. The standard InChI is InChI=1S/C15H16N2O2S/c18-15(17-10-13-5-2-8-20-13)11-6-7-16-14(9-11)19-12-3-1-4-12/h2,5-9,12H,1,3-4,10H2,(H,17,18). The number of hydrogen-bond donors (Lipinski definition) is 1. The van der Waals surface area contributed by atoms with E-state index in [2.05, 4.69) is 10.3 Å². The van der Waals surface area contributed by atoms with E-state index in [-0.39, 0.29) is 12.0 Å². The summed E-state index contributed by atoms with van der Waals surface area (Å²) < 4.78 is 5.70. The number of hydrogen-bond acceptors (Lipinski definition) is 4. The van der Waals surface area contributed by atoms with Gasteiger partial charge in [-0.2, -0.15) is 0 Å². The highest BCUT2D eigenvalue weighted by Crippen LogP contribution is 2.24. The van der Waals surface area contributed by atoms with Gasteiger partial charge in [-0.05, 0) is 36.8 Å². The Kier molecular flexibility index (Phi) is 3.97. The molecule has 2 aromatic heterocycles. The van der Waals surface area contributed by atoms with E-state index in [1.807, 2.05) is 17.5 Å². The first kappa shape index (κ1) is 13.1. The maximum absolute atomic E-state index is 12.1. The molecule has 0 aliphatic heterocycles. The van der Waals surface area contributed by atoms with E-state index >= 15 is 0 Å². The van der Waals surface area contributed by atoms with E-state index in [4.69, 9.17) is 4.74 Å². The Balaban J connectivity index is 1.60. The number of amides is 1. The maximum Gasteiger partial charge on any atom is 0.251 e. The molecule has 5 heteroatoms. The molecule has 1 aliphatic carbocycles. The summed E-state index contributed by atoms with van der Waals surface area (Å²) in [6.07, 6.45) is 5.26. The Bertz CT molecular complexity index is 579. The van der Waals surface area contributed by atoms with Gasteiger partial charge in [-0.25, -0.2) is 4.98 Å². The summed E-state index contributed by atoms with van der Waals surface area (Å²) in [5.41, 5.74) is 0.589. The van der Waals surface area contributed by atoms with Crippen LogP contribution in [0.5, 0.6) is 5.88 Å². The Hall–Kier alpha value is -1.88. The van der Waals surface area contributed by atoms with Gasteiger partial charge in [-0.15, -0.1) is 11.3 Å². The minimum Gasteiger partial charge on any atom is -0.474 e. The van der Waals surface area contributed by atoms with Crippen LogP contribution in [0.1, 0.15) is 34.5 Å². The van der Waals surface area contributed by atoms with Gasteiger partial charge in [0, 0.05) is 22.7 Å². The molecule has 104 valence electrons. The summed E-state index contributed by atoms with van der Waals surface area (Å²) in [6, 6.07) is 7.39. The highest BCUT2D eigenvalue weighted by Gasteiger charge is 2.20. The topological polar surface area (TPSA) is 51.2 Å². The van der Waals surface area contributed by atoms with E-state index in [0.717, 1.165) is 17.7 Å². The van der Waals surface area contributed by atoms with Gasteiger partial charge in [0.1, 0.15) is 6.10 Å². The number of thiophene rings is 1. The second-order valence-electron chi connectivity index (χ2n) is 4.82. The Morgan fingerprint density at radius 3 is 3.05 bits per heavy atom. The van der Waals surface area contributed by atoms with Crippen LogP contribution in [0.4, 0.5) is 0 Å². The molecule has 2 aromatic rings. The minimum atomic E-state index is -0.0979. The highest BCUT2D eigenvalue weighted by molar-refractivity contribution is 7.09. The molecule has 0 saturated heterocycles. The van der Waals surface area contributed by atoms with Crippen molar-refractivity contribution in [3.05, 3.63) is 46.3 Å². The van der Waals surface area contributed by atoms with Gasteiger partial charge in [-0.3, -0.25) is 4.79 Å². The fourth-order valence-corrected chi connectivity index (χ4v) is 2.60. The minimum absolute atomic E-state index is 0.0979. The molecule has 0 unspecified atom stereocenters. The van der Waals surface area contributed by atoms with E-state index in [9.17, 15) is 4.79 Å². The van der Waals surface area contributed by atoms with Crippen LogP contribution in [-0.4, -0.2) is 17.0 Å². The van der Waals surface area contributed by atoms with E-state index in [0.29, 0.717) is 18.0 Å². The van der Waals surface area contributed by atoms with Crippen molar-refractivity contribution in [1.82, 2.24) is 10.3 Å². The predicted octanol–water partition coefficient (Wildman–Crippen LogP) is 3.00. The zero-order valence-corrected chi connectivity index (χ0v) is 11.9. The van der Waals surface area contributed by atoms with Crippen LogP contribution in [0.3, 0.4) is 0 Å². The lowest BCUT2D eigenvalue weighted by Gasteiger charge is -2.25. The predicted molar refractivity (Wildman–Crippen MR) is 78.0 cm³/mol. The number of nitrogens with zero attached hydrogens (tertiary/aromatic N) is 1. The first-order valence-corrected chi connectivity index (χ1v) is 7.62. The molecule has 1 fully saturated rings. The summed E-state index contributed by atoms with van der Waals surface area (Å²) in [6.45, 7) is 0.553. The number of nitrogens with one attached hydrogen (secondary N) is 1. The molecule has 20 heavy (non-hydrogen) atoms. The van der Waals surface area contributed by atoms with Gasteiger partial charge in [-0.1, -0.05) is 6.07 Å². The largest absolute Gasteiger partial charge is 0.474 e. The lowest BCUT2D eigenvalue weighted by atomic mass is 9.96. The summed E-state index contributed by atoms with van der Waals surface area (Å²) >= 11 is 1.63. The normalized spacial score (nSPS) is 14.6. The van der Waals surface area contributed by atoms with Crippen molar-refractivity contribution >= 4 is 17.2 Å². The monoisotopic (exact) mass is 288 g/mol. The molecular formula is C15H16N2O2S. The average Bonchev–Trinajstić information content (AvgIpc) is 2.94. The van der Waals surface area contributed by atoms with Crippen LogP contribution in [0, 0.1) is 0 Å². The zero-order valence-electron chi connectivity index (χ0n) is 11.0. The molecule has 1 N–H and O–H groups in total. The first-order chi connectivity index (χ1) is 9.81. The van der Waals surface area contributed by atoms with Crippen LogP contribution in [0.2, 0.25) is 0 Å². The molecular weight excluding hydrogens is 272 g/mol. The van der Waals surface area contributed by atoms with Gasteiger partial charge in [0.05, 0.1) is 6.54 Å². The van der Waals surface area contributed by atoms with Gasteiger partial charge in [0.15, 0.2) is 0 Å². The summed E-state index contributed by atoms with van der Waals surface area (Å²) in [5, 5.41) is 4.90. The quantitative estimate of drug-likeness (QED) is 0.920. The van der Waals surface area contributed by atoms with Crippen LogP contribution in [-0.2, 0) is 6.54 Å². The molecule has 0 spiro atoms. The van der Waals surface area contributed by atoms with Crippen molar-refractivity contribution in [3.63, 3.8) is 0 Å². The number of carbonyl (C=O) groups is 1. The fraction of sp³-hybridized carbons (Fsp3) is 0.333. The second kappa shape index (κ2) is 6.05. The molecule has 4 nitrogen and oxygen atoms in total. The molecule has 1 saturated carbocycles. The van der Waals surface area contributed by atoms with Crippen molar-refractivity contribution in [3.8, 4) is 5.88 Å². The van der Waals surface area contributed by atoms with E-state index in [1.54, 1.807) is 29.7 Å². The number of ether oxygens (including phenoxy) is 1. The molecule has 1 aliphatic rings. The lowest BCUT2D eigenvalue weighted by molar-refractivity contribution is 0.0946. The zero-order chi connectivity index (χ0) is 13.8. The van der Waals surface area contributed by atoms with Crippen molar-refractivity contribution in [2.24, 2.45) is 0 Å². The molecule has 1 amide bonds. The van der Waals surface area contributed by atoms with Crippen LogP contribution in [0.15, 0.2) is 35.8 Å². The molecule has 2 heterocycles. The molecule has 0 bridgehead atoms. The van der Waals surface area contributed by atoms with Crippen molar-refractivity contribution in [2.75, 3.05) is 0 Å². The Labute approximate surface area is 121 Å². The van der Waals surface area contributed by atoms with E-state index < -0.39 is 0 Å². The molecule has 0 aromatic carbocycles. The number of aromatic nitrogens is 1. The van der Waals surface area contributed by atoms with Crippen LogP contribution in [0.25, 0.3) is 0 Å². The second-order valence-corrected chi connectivity index (χ2v) is 5.85. The third-order valence-electron chi connectivity index (χ3n) is 3.34. The van der Waals surface area contributed by atoms with Crippen molar-refractivity contribution in [2.45, 2.75) is 31.9 Å². The van der Waals surface area contributed by atoms with Gasteiger partial charge in [0.25, 0.3) is 5.91 Å². The maximum atomic E-state index is 12.1. The highest BCUT2D eigenvalue weighted by atomic mass is 32.1. The van der Waals surface area contributed by atoms with Crippen LogP contribution < -0.4 is 10.1 Å². The third kappa shape index (κ3) is 3.17. The van der Waals surface area contributed by atoms with Crippen LogP contribution >= 0.6 is 11.3 Å². The van der Waals surface area contributed by atoms with Crippen molar-refractivity contribution < 1.29 is 9.53 Å². The first-order valence-electron chi connectivity index (χ1n) is 6.74. The number of pyridine rings is 1. The smallest absolute Gasteiger partial charge is 0.251 e. The van der Waals surface area contributed by atoms with Gasteiger partial charge >= 0.3 is 0 Å². The Morgan fingerprint density at radius 2 is 2.35 bits per heavy atom. The molecule has 0 radical (unpaired) electrons. The third-order valence-corrected chi connectivity index (χ3v) is 4.22. The molecule has 0 atom stereocenters. The Morgan fingerprint density at radius 1 is 1.45 bits per heavy atom. The average molecular weight is 288 g/mol. The SMILES string of the molecule is O=C(NCc1cccs1)c1ccnc(OC2CCC2)c1. The summed E-state index contributed by atoms with van der Waals surface area (Å²) in [7, 11) is 0. The van der Waals surface area contributed by atoms with Crippen molar-refractivity contribution in [1.29, 1.82) is 0 Å². The lowest BCUT2D eigenvalue weighted by Crippen LogP contribution is -2.25. The number of carbonyl (C=O) groups excluding carboxylic acids is 1. The van der Waals surface area contributed by atoms with Gasteiger partial charge in [0.2, 0.25) is 5.88 Å². The van der Waals surface area contributed by atoms with E-state index in [1.165, 1.54) is 6.42 Å².